The second kappa shape index (κ2) is 7.77. The van der Waals surface area contributed by atoms with E-state index in [-0.39, 0.29) is 5.91 Å². The van der Waals surface area contributed by atoms with E-state index in [2.05, 4.69) is 25.5 Å². The number of anilines is 1. The van der Waals surface area contributed by atoms with E-state index in [0.717, 1.165) is 21.2 Å². The first-order valence-electron chi connectivity index (χ1n) is 8.07. The van der Waals surface area contributed by atoms with E-state index >= 15 is 0 Å². The Bertz CT molecular complexity index is 1060. The molecule has 0 aliphatic carbocycles. The van der Waals surface area contributed by atoms with Gasteiger partial charge in [-0.2, -0.15) is 0 Å². The van der Waals surface area contributed by atoms with Crippen molar-refractivity contribution in [2.45, 2.75) is 10.1 Å². The average molecular weight is 397 g/mol. The monoisotopic (exact) mass is 397 g/mol. The van der Waals surface area contributed by atoms with E-state index < -0.39 is 0 Å². The summed E-state index contributed by atoms with van der Waals surface area (Å²) in [6, 6.07) is 14.9. The summed E-state index contributed by atoms with van der Waals surface area (Å²) in [5.74, 6) is 1.75. The van der Waals surface area contributed by atoms with Gasteiger partial charge in [-0.15, -0.1) is 10.2 Å². The zero-order chi connectivity index (χ0) is 18.6. The minimum absolute atomic E-state index is 0.280. The highest BCUT2D eigenvalue weighted by Gasteiger charge is 2.14. The lowest BCUT2D eigenvalue weighted by Crippen LogP contribution is -2.12. The van der Waals surface area contributed by atoms with Crippen LogP contribution >= 0.6 is 23.1 Å². The number of nitrogens with one attached hydrogen (secondary N) is 2. The van der Waals surface area contributed by atoms with Crippen molar-refractivity contribution in [3.05, 3.63) is 59.9 Å². The Labute approximate surface area is 163 Å². The number of fused-ring (bicyclic) bond motifs is 1. The number of carbonyl (C=O) groups excluding carboxylic acids is 1. The molecule has 0 fully saturated rings. The molecule has 0 atom stereocenters. The van der Waals surface area contributed by atoms with Crippen molar-refractivity contribution in [3.63, 3.8) is 0 Å². The number of aromatic nitrogens is 4. The first-order chi connectivity index (χ1) is 13.2. The summed E-state index contributed by atoms with van der Waals surface area (Å²) in [5, 5.41) is 11.4. The summed E-state index contributed by atoms with van der Waals surface area (Å²) in [7, 11) is 1.53. The third-order valence-electron chi connectivity index (χ3n) is 3.75. The van der Waals surface area contributed by atoms with Crippen LogP contribution in [0.2, 0.25) is 0 Å². The second-order valence-electron chi connectivity index (χ2n) is 5.52. The predicted molar refractivity (Wildman–Crippen MR) is 107 cm³/mol. The SMILES string of the molecule is COc1ccccc1C(=O)Nc1nnc(SCc2nc3ccccc3[nH]2)s1. The number of H-pyrrole nitrogens is 1. The molecule has 136 valence electrons. The van der Waals surface area contributed by atoms with Crippen LogP contribution in [0, 0.1) is 0 Å². The Hall–Kier alpha value is -2.91. The molecule has 0 bridgehead atoms. The molecule has 1 amide bonds. The van der Waals surface area contributed by atoms with Gasteiger partial charge in [0.15, 0.2) is 4.34 Å². The lowest BCUT2D eigenvalue weighted by Gasteiger charge is -2.06. The maximum absolute atomic E-state index is 12.4. The molecular formula is C18H15N5O2S2. The van der Waals surface area contributed by atoms with Crippen LogP contribution in [-0.4, -0.2) is 33.2 Å². The molecule has 2 aromatic heterocycles. The van der Waals surface area contributed by atoms with E-state index in [1.165, 1.54) is 30.2 Å². The number of ether oxygens (including phenoxy) is 1. The van der Waals surface area contributed by atoms with Gasteiger partial charge in [-0.25, -0.2) is 4.98 Å². The van der Waals surface area contributed by atoms with Crippen LogP contribution in [-0.2, 0) is 5.75 Å². The Balaban J connectivity index is 1.40. The Kier molecular flexibility index (Phi) is 5.03. The topological polar surface area (TPSA) is 92.8 Å². The normalized spacial score (nSPS) is 10.9. The smallest absolute Gasteiger partial charge is 0.261 e. The first-order valence-corrected chi connectivity index (χ1v) is 9.87. The average Bonchev–Trinajstić information content (AvgIpc) is 3.32. The number of benzene rings is 2. The second-order valence-corrected chi connectivity index (χ2v) is 7.72. The van der Waals surface area contributed by atoms with Gasteiger partial charge in [0.05, 0.1) is 29.5 Å². The van der Waals surface area contributed by atoms with Crippen molar-refractivity contribution >= 4 is 45.2 Å². The Morgan fingerprint density at radius 1 is 1.19 bits per heavy atom. The third kappa shape index (κ3) is 3.93. The Morgan fingerprint density at radius 3 is 2.85 bits per heavy atom. The van der Waals surface area contributed by atoms with Crippen molar-refractivity contribution in [3.8, 4) is 5.75 Å². The quantitative estimate of drug-likeness (QED) is 0.378. The molecule has 0 saturated carbocycles. The highest BCUT2D eigenvalue weighted by atomic mass is 32.2. The number of amides is 1. The van der Waals surface area contributed by atoms with Crippen molar-refractivity contribution in [1.29, 1.82) is 0 Å². The van der Waals surface area contributed by atoms with E-state index in [1.807, 2.05) is 30.3 Å². The molecule has 2 N–H and O–H groups in total. The lowest BCUT2D eigenvalue weighted by molar-refractivity contribution is 0.102. The number of rotatable bonds is 6. The van der Waals surface area contributed by atoms with Crippen LogP contribution in [0.25, 0.3) is 11.0 Å². The number of hydrogen-bond acceptors (Lipinski definition) is 7. The third-order valence-corrected chi connectivity index (χ3v) is 5.73. The molecule has 0 unspecified atom stereocenters. The van der Waals surface area contributed by atoms with Gasteiger partial charge in [0, 0.05) is 0 Å². The molecule has 4 aromatic rings. The summed E-state index contributed by atoms with van der Waals surface area (Å²) < 4.78 is 5.97. The minimum atomic E-state index is -0.280. The molecule has 0 spiro atoms. The van der Waals surface area contributed by atoms with E-state index in [9.17, 15) is 4.79 Å². The first kappa shape index (κ1) is 17.5. The number of hydrogen-bond donors (Lipinski definition) is 2. The fraction of sp³-hybridized carbons (Fsp3) is 0.111. The molecule has 7 nitrogen and oxygen atoms in total. The molecule has 0 saturated heterocycles. The fourth-order valence-electron chi connectivity index (χ4n) is 2.52. The molecule has 9 heteroatoms. The summed E-state index contributed by atoms with van der Waals surface area (Å²) in [6.07, 6.45) is 0. The van der Waals surface area contributed by atoms with Crippen LogP contribution in [0.3, 0.4) is 0 Å². The van der Waals surface area contributed by atoms with Crippen molar-refractivity contribution in [2.24, 2.45) is 0 Å². The van der Waals surface area contributed by atoms with Gasteiger partial charge in [0.2, 0.25) is 5.13 Å². The van der Waals surface area contributed by atoms with Gasteiger partial charge < -0.3 is 9.72 Å². The van der Waals surface area contributed by atoms with Crippen LogP contribution in [0.1, 0.15) is 16.2 Å². The van der Waals surface area contributed by atoms with Gasteiger partial charge in [-0.05, 0) is 24.3 Å². The molecule has 2 aromatic carbocycles. The van der Waals surface area contributed by atoms with Gasteiger partial charge in [-0.1, -0.05) is 47.4 Å². The lowest BCUT2D eigenvalue weighted by atomic mass is 10.2. The van der Waals surface area contributed by atoms with Gasteiger partial charge >= 0.3 is 0 Å². The predicted octanol–water partition coefficient (Wildman–Crippen LogP) is 3.97. The van der Waals surface area contributed by atoms with Gasteiger partial charge in [0.25, 0.3) is 5.91 Å². The van der Waals surface area contributed by atoms with E-state index in [0.29, 0.717) is 22.2 Å². The fourth-order valence-corrected chi connectivity index (χ4v) is 4.14. The summed E-state index contributed by atoms with van der Waals surface area (Å²) in [4.78, 5) is 20.2. The molecular weight excluding hydrogens is 382 g/mol. The largest absolute Gasteiger partial charge is 0.496 e. The summed E-state index contributed by atoms with van der Waals surface area (Å²) in [6.45, 7) is 0. The summed E-state index contributed by atoms with van der Waals surface area (Å²) in [5.41, 5.74) is 2.40. The number of nitrogens with zero attached hydrogens (tertiary/aromatic N) is 3. The Morgan fingerprint density at radius 2 is 2.00 bits per heavy atom. The molecule has 4 rings (SSSR count). The van der Waals surface area contributed by atoms with Crippen molar-refractivity contribution in [1.82, 2.24) is 20.2 Å². The van der Waals surface area contributed by atoms with Crippen LogP contribution in [0.4, 0.5) is 5.13 Å². The van der Waals surface area contributed by atoms with Crippen molar-refractivity contribution < 1.29 is 9.53 Å². The molecule has 27 heavy (non-hydrogen) atoms. The highest BCUT2D eigenvalue weighted by molar-refractivity contribution is 8.00. The number of aromatic amines is 1. The number of carbonyl (C=O) groups is 1. The zero-order valence-corrected chi connectivity index (χ0v) is 15.9. The standard InChI is InChI=1S/C18H15N5O2S2/c1-25-14-9-5-2-6-11(14)16(24)21-17-22-23-18(27-17)26-10-15-19-12-7-3-4-8-13(12)20-15/h2-9H,10H2,1H3,(H,19,20)(H,21,22,24). The van der Waals surface area contributed by atoms with E-state index in [1.54, 1.807) is 18.2 Å². The number of imidazole rings is 1. The number of methoxy groups -OCH3 is 1. The molecule has 0 aliphatic rings. The maximum atomic E-state index is 12.4. The number of thioether (sulfide) groups is 1. The number of para-hydroxylation sites is 3. The van der Waals surface area contributed by atoms with Crippen LogP contribution < -0.4 is 10.1 Å². The molecule has 0 radical (unpaired) electrons. The van der Waals surface area contributed by atoms with Gasteiger partial charge in [-0.3, -0.25) is 10.1 Å². The van der Waals surface area contributed by atoms with Gasteiger partial charge in [0.1, 0.15) is 11.6 Å². The summed E-state index contributed by atoms with van der Waals surface area (Å²) >= 11 is 2.84. The zero-order valence-electron chi connectivity index (χ0n) is 14.3. The molecule has 0 aliphatic heterocycles. The highest BCUT2D eigenvalue weighted by Crippen LogP contribution is 2.29. The van der Waals surface area contributed by atoms with Crippen molar-refractivity contribution in [2.75, 3.05) is 12.4 Å². The minimum Gasteiger partial charge on any atom is -0.496 e. The van der Waals surface area contributed by atoms with Crippen LogP contribution in [0.15, 0.2) is 52.9 Å². The molecule has 2 heterocycles. The maximum Gasteiger partial charge on any atom is 0.261 e. The van der Waals surface area contributed by atoms with Crippen LogP contribution in [0.5, 0.6) is 5.75 Å². The van der Waals surface area contributed by atoms with E-state index in [4.69, 9.17) is 4.74 Å².